The number of hydrogen-bond donors (Lipinski definition) is 2. The zero-order valence-corrected chi connectivity index (χ0v) is 9.23. The van der Waals surface area contributed by atoms with Crippen LogP contribution in [0.15, 0.2) is 18.2 Å². The van der Waals surface area contributed by atoms with E-state index in [2.05, 4.69) is 10.6 Å². The molecule has 2 N–H and O–H groups in total. The second-order valence-electron chi connectivity index (χ2n) is 4.08. The number of carbonyl (C=O) groups is 1. The van der Waals surface area contributed by atoms with E-state index in [-0.39, 0.29) is 18.6 Å². The second-order valence-corrected chi connectivity index (χ2v) is 4.08. The summed E-state index contributed by atoms with van der Waals surface area (Å²) in [6.07, 6.45) is 1.28. The van der Waals surface area contributed by atoms with Gasteiger partial charge < -0.3 is 10.4 Å². The average Bonchev–Trinajstić information content (AvgIpc) is 2.28. The number of carbonyl (C=O) groups excluding carboxylic acids is 1. The Balaban J connectivity index is 2.18. The van der Waals surface area contributed by atoms with Gasteiger partial charge in [0.05, 0.1) is 12.3 Å². The fourth-order valence-corrected chi connectivity index (χ4v) is 1.73. The Morgan fingerprint density at radius 3 is 3.06 bits per heavy atom. The van der Waals surface area contributed by atoms with Crippen molar-refractivity contribution >= 4 is 17.3 Å². The lowest BCUT2D eigenvalue weighted by Gasteiger charge is -2.17. The van der Waals surface area contributed by atoms with Crippen LogP contribution in [-0.4, -0.2) is 23.7 Å². The highest BCUT2D eigenvalue weighted by atomic mass is 16.3. The van der Waals surface area contributed by atoms with Crippen LogP contribution in [0.5, 0.6) is 0 Å². The number of benzene rings is 1. The third-order valence-electron chi connectivity index (χ3n) is 2.63. The van der Waals surface area contributed by atoms with E-state index < -0.39 is 0 Å². The summed E-state index contributed by atoms with van der Waals surface area (Å²) in [5, 5.41) is 16.1. The molecule has 0 fully saturated rings. The number of fused-ring (bicyclic) bond motifs is 1. The first-order chi connectivity index (χ1) is 7.69. The van der Waals surface area contributed by atoms with Gasteiger partial charge in [0.15, 0.2) is 0 Å². The lowest BCUT2D eigenvalue weighted by atomic mass is 10.0. The number of amides is 1. The van der Waals surface area contributed by atoms with Crippen molar-refractivity contribution in [3.63, 3.8) is 0 Å². The Hall–Kier alpha value is -1.55. The first kappa shape index (κ1) is 11.0. The molecule has 1 aliphatic rings. The molecule has 0 bridgehead atoms. The summed E-state index contributed by atoms with van der Waals surface area (Å²) in [5.41, 5.74) is 2.76. The summed E-state index contributed by atoms with van der Waals surface area (Å²) in [6, 6.07) is 5.80. The van der Waals surface area contributed by atoms with Crippen molar-refractivity contribution in [3.8, 4) is 0 Å². The van der Waals surface area contributed by atoms with Gasteiger partial charge in [-0.05, 0) is 31.0 Å². The van der Waals surface area contributed by atoms with E-state index in [1.165, 1.54) is 0 Å². The number of nitrogens with zero attached hydrogens (tertiary/aromatic N) is 1. The van der Waals surface area contributed by atoms with Crippen molar-refractivity contribution in [1.29, 1.82) is 0 Å². The molecular formula is C12H15N2O2. The fraction of sp³-hybridized carbons (Fsp3) is 0.417. The molecular weight excluding hydrogens is 204 g/mol. The van der Waals surface area contributed by atoms with Crippen molar-refractivity contribution in [2.24, 2.45) is 0 Å². The number of anilines is 1. The molecule has 0 saturated heterocycles. The normalized spacial score (nSPS) is 16.2. The monoisotopic (exact) mass is 219 g/mol. The number of aliphatic hydroxyl groups is 1. The lowest BCUT2D eigenvalue weighted by molar-refractivity contribution is -0.120. The van der Waals surface area contributed by atoms with Gasteiger partial charge in [0.2, 0.25) is 5.91 Å². The Morgan fingerprint density at radius 2 is 2.31 bits per heavy atom. The molecule has 0 aromatic heterocycles. The topological polar surface area (TPSA) is 63.4 Å². The maximum atomic E-state index is 11.2. The van der Waals surface area contributed by atoms with Crippen molar-refractivity contribution in [3.05, 3.63) is 23.8 Å². The lowest BCUT2D eigenvalue weighted by Crippen LogP contribution is -2.21. The van der Waals surface area contributed by atoms with E-state index in [4.69, 9.17) is 5.11 Å². The minimum absolute atomic E-state index is 0.00246. The van der Waals surface area contributed by atoms with E-state index in [1.807, 2.05) is 25.1 Å². The molecule has 4 heteroatoms. The maximum absolute atomic E-state index is 11.2. The predicted molar refractivity (Wildman–Crippen MR) is 61.7 cm³/mol. The standard InChI is InChI=1S/C12H15N2O2/c1-8(7-15)13-10-4-2-9-3-5-12(16)14-11(9)6-10/h2,4,6,8,13,15H,3,5,7H2,1H3. The van der Waals surface area contributed by atoms with Gasteiger partial charge in [-0.25, -0.2) is 5.32 Å². The first-order valence-electron chi connectivity index (χ1n) is 5.44. The molecule has 1 amide bonds. The zero-order chi connectivity index (χ0) is 11.5. The molecule has 4 nitrogen and oxygen atoms in total. The third-order valence-corrected chi connectivity index (χ3v) is 2.63. The van der Waals surface area contributed by atoms with Crippen LogP contribution < -0.4 is 10.6 Å². The van der Waals surface area contributed by atoms with Crippen molar-refractivity contribution in [2.45, 2.75) is 25.8 Å². The maximum Gasteiger partial charge on any atom is 0.246 e. The molecule has 16 heavy (non-hydrogen) atoms. The Kier molecular flexibility index (Phi) is 3.10. The van der Waals surface area contributed by atoms with Crippen molar-refractivity contribution in [2.75, 3.05) is 11.9 Å². The number of aliphatic hydroxyl groups excluding tert-OH is 1. The van der Waals surface area contributed by atoms with Crippen LogP contribution in [0.25, 0.3) is 0 Å². The van der Waals surface area contributed by atoms with Crippen LogP contribution in [0.2, 0.25) is 0 Å². The Morgan fingerprint density at radius 1 is 1.50 bits per heavy atom. The van der Waals surface area contributed by atoms with Gasteiger partial charge in [0, 0.05) is 18.2 Å². The van der Waals surface area contributed by atoms with Crippen LogP contribution in [0.3, 0.4) is 0 Å². The Labute approximate surface area is 94.7 Å². The van der Waals surface area contributed by atoms with Gasteiger partial charge in [0.1, 0.15) is 0 Å². The van der Waals surface area contributed by atoms with Crippen LogP contribution in [0, 0.1) is 0 Å². The number of aryl methyl sites for hydroxylation is 1. The molecule has 85 valence electrons. The molecule has 2 rings (SSSR count). The molecule has 0 spiro atoms. The SMILES string of the molecule is CC(CO)Nc1ccc2c(c1)[N]C(=O)CC2. The van der Waals surface area contributed by atoms with Gasteiger partial charge in [-0.2, -0.15) is 0 Å². The number of rotatable bonds is 3. The minimum atomic E-state index is -0.0557. The van der Waals surface area contributed by atoms with E-state index in [1.54, 1.807) is 0 Å². The van der Waals surface area contributed by atoms with Crippen molar-refractivity contribution in [1.82, 2.24) is 5.32 Å². The van der Waals surface area contributed by atoms with Gasteiger partial charge in [0.25, 0.3) is 0 Å². The van der Waals surface area contributed by atoms with Gasteiger partial charge in [-0.3, -0.25) is 4.79 Å². The Bertz CT molecular complexity index is 404. The van der Waals surface area contributed by atoms with E-state index in [0.717, 1.165) is 23.4 Å². The van der Waals surface area contributed by atoms with Gasteiger partial charge in [-0.15, -0.1) is 0 Å². The fourth-order valence-electron chi connectivity index (χ4n) is 1.73. The molecule has 0 aliphatic carbocycles. The van der Waals surface area contributed by atoms with Gasteiger partial charge in [-0.1, -0.05) is 6.07 Å². The number of hydrogen-bond acceptors (Lipinski definition) is 3. The average molecular weight is 219 g/mol. The minimum Gasteiger partial charge on any atom is -0.394 e. The summed E-state index contributed by atoms with van der Waals surface area (Å²) >= 11 is 0. The van der Waals surface area contributed by atoms with Crippen molar-refractivity contribution < 1.29 is 9.90 Å². The summed E-state index contributed by atoms with van der Waals surface area (Å²) in [6.45, 7) is 1.97. The van der Waals surface area contributed by atoms with E-state index >= 15 is 0 Å². The zero-order valence-electron chi connectivity index (χ0n) is 9.23. The molecule has 1 aliphatic heterocycles. The van der Waals surface area contributed by atoms with Crippen LogP contribution in [-0.2, 0) is 11.2 Å². The third kappa shape index (κ3) is 2.33. The van der Waals surface area contributed by atoms with Gasteiger partial charge >= 0.3 is 0 Å². The molecule has 1 radical (unpaired) electrons. The van der Waals surface area contributed by atoms with Crippen LogP contribution in [0.1, 0.15) is 18.9 Å². The van der Waals surface area contributed by atoms with E-state index in [0.29, 0.717) is 6.42 Å². The predicted octanol–water partition coefficient (Wildman–Crippen LogP) is 1.19. The second kappa shape index (κ2) is 4.53. The smallest absolute Gasteiger partial charge is 0.246 e. The number of nitrogens with one attached hydrogen (secondary N) is 1. The summed E-state index contributed by atoms with van der Waals surface area (Å²) in [5.74, 6) is -0.0557. The van der Waals surface area contributed by atoms with E-state index in [9.17, 15) is 4.79 Å². The largest absolute Gasteiger partial charge is 0.394 e. The molecule has 1 atom stereocenters. The molecule has 1 aromatic rings. The highest BCUT2D eigenvalue weighted by Crippen LogP contribution is 2.26. The first-order valence-corrected chi connectivity index (χ1v) is 5.44. The highest BCUT2D eigenvalue weighted by Gasteiger charge is 2.16. The molecule has 1 heterocycles. The summed E-state index contributed by atoms with van der Waals surface area (Å²) < 4.78 is 0. The highest BCUT2D eigenvalue weighted by molar-refractivity contribution is 5.84. The summed E-state index contributed by atoms with van der Waals surface area (Å²) in [4.78, 5) is 11.2. The molecule has 1 aromatic carbocycles. The molecule has 1 unspecified atom stereocenters. The van der Waals surface area contributed by atoms with Crippen LogP contribution >= 0.6 is 0 Å². The molecule has 0 saturated carbocycles. The summed E-state index contributed by atoms with van der Waals surface area (Å²) in [7, 11) is 0. The van der Waals surface area contributed by atoms with Crippen LogP contribution in [0.4, 0.5) is 11.4 Å². The quantitative estimate of drug-likeness (QED) is 0.802.